The third-order valence-electron chi connectivity index (χ3n) is 5.63. The minimum absolute atomic E-state index is 0.129. The molecule has 0 amide bonds. The van der Waals surface area contributed by atoms with Crippen LogP contribution in [0.5, 0.6) is 0 Å². The highest BCUT2D eigenvalue weighted by molar-refractivity contribution is 5.43. The van der Waals surface area contributed by atoms with Gasteiger partial charge in [-0.25, -0.2) is 9.37 Å². The van der Waals surface area contributed by atoms with Crippen LogP contribution >= 0.6 is 0 Å². The molecule has 0 saturated heterocycles. The minimum atomic E-state index is -0.333. The number of hydrogen-bond donors (Lipinski definition) is 0. The molecule has 0 N–H and O–H groups in total. The molecule has 1 aliphatic rings. The Morgan fingerprint density at radius 3 is 2.88 bits per heavy atom. The van der Waals surface area contributed by atoms with E-state index in [9.17, 15) is 4.39 Å². The van der Waals surface area contributed by atoms with E-state index in [-0.39, 0.29) is 17.3 Å². The van der Waals surface area contributed by atoms with E-state index in [1.807, 2.05) is 12.3 Å². The van der Waals surface area contributed by atoms with Gasteiger partial charge in [0.1, 0.15) is 5.82 Å². The smallest absolute Gasteiger partial charge is 0.129 e. The van der Waals surface area contributed by atoms with E-state index >= 15 is 0 Å². The number of aryl methyl sites for hydroxylation is 1. The summed E-state index contributed by atoms with van der Waals surface area (Å²) in [6.07, 6.45) is 5.42. The molecule has 0 bridgehead atoms. The van der Waals surface area contributed by atoms with Gasteiger partial charge in [-0.15, -0.1) is 0 Å². The number of hydrogen-bond acceptors (Lipinski definition) is 2. The van der Waals surface area contributed by atoms with Crippen LogP contribution in [-0.2, 0) is 11.8 Å². The number of nitrogens with zero attached hydrogens (tertiary/aromatic N) is 3. The molecule has 4 heteroatoms. The highest BCUT2D eigenvalue weighted by atomic mass is 19.1. The summed E-state index contributed by atoms with van der Waals surface area (Å²) in [4.78, 5) is 4.33. The fraction of sp³-hybridized carbons (Fsp3) is 0.273. The molecule has 4 rings (SSSR count). The standard InChI is InChI=1S/C22H20FN3/c1-3-15-5-4-6-17(9-15)22(2)11-20(26-14-25-13-21(22)26)18-8-7-16(12-24)10-19(18)23/h4-10,13-14,20H,3,11H2,1-2H3. The molecule has 0 aliphatic carbocycles. The van der Waals surface area contributed by atoms with E-state index in [1.54, 1.807) is 18.5 Å². The molecule has 2 heterocycles. The van der Waals surface area contributed by atoms with Crippen LogP contribution in [0.2, 0.25) is 0 Å². The normalized spacial score (nSPS) is 21.4. The van der Waals surface area contributed by atoms with Crippen molar-refractivity contribution in [3.05, 3.63) is 88.8 Å². The molecule has 2 atom stereocenters. The van der Waals surface area contributed by atoms with Gasteiger partial charge in [0.15, 0.2) is 0 Å². The molecule has 2 unspecified atom stereocenters. The first-order valence-electron chi connectivity index (χ1n) is 8.88. The van der Waals surface area contributed by atoms with Crippen molar-refractivity contribution in [2.75, 3.05) is 0 Å². The molecule has 0 spiro atoms. The Morgan fingerprint density at radius 1 is 1.31 bits per heavy atom. The summed E-state index contributed by atoms with van der Waals surface area (Å²) in [5, 5.41) is 8.99. The second-order valence-corrected chi connectivity index (χ2v) is 7.14. The van der Waals surface area contributed by atoms with Gasteiger partial charge >= 0.3 is 0 Å². The Morgan fingerprint density at radius 2 is 2.15 bits per heavy atom. The van der Waals surface area contributed by atoms with Gasteiger partial charge < -0.3 is 4.57 Å². The van der Waals surface area contributed by atoms with Crippen LogP contribution in [0.4, 0.5) is 4.39 Å². The Kier molecular flexibility index (Phi) is 3.88. The van der Waals surface area contributed by atoms with Crippen molar-refractivity contribution in [1.82, 2.24) is 9.55 Å². The number of imidazole rings is 1. The first-order chi connectivity index (χ1) is 12.6. The van der Waals surface area contributed by atoms with E-state index in [1.165, 1.54) is 17.2 Å². The van der Waals surface area contributed by atoms with E-state index in [0.717, 1.165) is 18.5 Å². The lowest BCUT2D eigenvalue weighted by atomic mass is 9.76. The van der Waals surface area contributed by atoms with Gasteiger partial charge in [-0.1, -0.05) is 37.3 Å². The molecule has 0 saturated carbocycles. The quantitative estimate of drug-likeness (QED) is 0.687. The molecule has 1 aliphatic heterocycles. The van der Waals surface area contributed by atoms with Crippen LogP contribution in [0.3, 0.4) is 0 Å². The predicted octanol–water partition coefficient (Wildman–Crippen LogP) is 4.76. The Bertz CT molecular complexity index is 1010. The zero-order chi connectivity index (χ0) is 18.3. The van der Waals surface area contributed by atoms with Crippen LogP contribution < -0.4 is 0 Å². The first-order valence-corrected chi connectivity index (χ1v) is 8.88. The summed E-state index contributed by atoms with van der Waals surface area (Å²) < 4.78 is 16.7. The van der Waals surface area contributed by atoms with Gasteiger partial charge in [0.25, 0.3) is 0 Å². The fourth-order valence-corrected chi connectivity index (χ4v) is 4.10. The van der Waals surface area contributed by atoms with Crippen molar-refractivity contribution in [2.45, 2.75) is 38.1 Å². The fourth-order valence-electron chi connectivity index (χ4n) is 4.10. The average molecular weight is 345 g/mol. The van der Waals surface area contributed by atoms with Crippen LogP contribution in [-0.4, -0.2) is 9.55 Å². The molecular formula is C22H20FN3. The number of benzene rings is 2. The highest BCUT2D eigenvalue weighted by Crippen LogP contribution is 2.48. The second-order valence-electron chi connectivity index (χ2n) is 7.14. The van der Waals surface area contributed by atoms with Crippen molar-refractivity contribution in [3.63, 3.8) is 0 Å². The van der Waals surface area contributed by atoms with Gasteiger partial charge in [0.2, 0.25) is 0 Å². The van der Waals surface area contributed by atoms with Crippen LogP contribution in [0.25, 0.3) is 0 Å². The highest BCUT2D eigenvalue weighted by Gasteiger charge is 2.43. The number of nitriles is 1. The Balaban J connectivity index is 1.81. The van der Waals surface area contributed by atoms with Crippen LogP contribution in [0, 0.1) is 17.1 Å². The van der Waals surface area contributed by atoms with Gasteiger partial charge in [0.05, 0.1) is 24.0 Å². The minimum Gasteiger partial charge on any atom is -0.326 e. The second kappa shape index (κ2) is 6.10. The number of rotatable bonds is 3. The zero-order valence-corrected chi connectivity index (χ0v) is 14.9. The number of aromatic nitrogens is 2. The predicted molar refractivity (Wildman–Crippen MR) is 98.4 cm³/mol. The van der Waals surface area contributed by atoms with Gasteiger partial charge in [-0.2, -0.15) is 5.26 Å². The molecule has 0 radical (unpaired) electrons. The van der Waals surface area contributed by atoms with Crippen molar-refractivity contribution >= 4 is 0 Å². The molecule has 2 aromatic carbocycles. The summed E-state index contributed by atoms with van der Waals surface area (Å²) in [7, 11) is 0. The van der Waals surface area contributed by atoms with Crippen molar-refractivity contribution in [3.8, 4) is 6.07 Å². The maximum absolute atomic E-state index is 14.7. The largest absolute Gasteiger partial charge is 0.326 e. The van der Waals surface area contributed by atoms with Crippen LogP contribution in [0.1, 0.15) is 54.3 Å². The van der Waals surface area contributed by atoms with Gasteiger partial charge in [-0.05, 0) is 43.0 Å². The zero-order valence-electron chi connectivity index (χ0n) is 14.9. The SMILES string of the molecule is CCc1cccc(C2(C)CC(c3ccc(C#N)cc3F)n3cncc32)c1. The van der Waals surface area contributed by atoms with E-state index < -0.39 is 0 Å². The van der Waals surface area contributed by atoms with E-state index in [4.69, 9.17) is 5.26 Å². The molecule has 0 fully saturated rings. The average Bonchev–Trinajstić information content (AvgIpc) is 3.25. The third kappa shape index (κ3) is 2.43. The molecule has 130 valence electrons. The lowest BCUT2D eigenvalue weighted by Gasteiger charge is -2.25. The lowest BCUT2D eigenvalue weighted by Crippen LogP contribution is -2.20. The lowest BCUT2D eigenvalue weighted by molar-refractivity contribution is 0.492. The topological polar surface area (TPSA) is 41.6 Å². The summed E-state index contributed by atoms with van der Waals surface area (Å²) in [6, 6.07) is 15.2. The third-order valence-corrected chi connectivity index (χ3v) is 5.63. The maximum atomic E-state index is 14.7. The van der Waals surface area contributed by atoms with Crippen molar-refractivity contribution in [1.29, 1.82) is 5.26 Å². The Hall–Kier alpha value is -2.93. The summed E-state index contributed by atoms with van der Waals surface area (Å²) in [6.45, 7) is 4.35. The summed E-state index contributed by atoms with van der Waals surface area (Å²) in [5.41, 5.74) is 4.34. The van der Waals surface area contributed by atoms with Gasteiger partial charge in [0, 0.05) is 22.9 Å². The summed E-state index contributed by atoms with van der Waals surface area (Å²) in [5.74, 6) is -0.333. The molecule has 3 aromatic rings. The monoisotopic (exact) mass is 345 g/mol. The number of fused-ring (bicyclic) bond motifs is 1. The van der Waals surface area contributed by atoms with E-state index in [2.05, 4.69) is 47.7 Å². The summed E-state index contributed by atoms with van der Waals surface area (Å²) >= 11 is 0. The first kappa shape index (κ1) is 16.5. The molecule has 1 aromatic heterocycles. The van der Waals surface area contributed by atoms with E-state index in [0.29, 0.717) is 11.1 Å². The molecular weight excluding hydrogens is 325 g/mol. The maximum Gasteiger partial charge on any atom is 0.129 e. The Labute approximate surface area is 152 Å². The number of halogens is 1. The van der Waals surface area contributed by atoms with Gasteiger partial charge in [-0.3, -0.25) is 0 Å². The van der Waals surface area contributed by atoms with Crippen molar-refractivity contribution in [2.24, 2.45) is 0 Å². The molecule has 26 heavy (non-hydrogen) atoms. The molecule has 3 nitrogen and oxygen atoms in total. The van der Waals surface area contributed by atoms with Crippen molar-refractivity contribution < 1.29 is 4.39 Å². The van der Waals surface area contributed by atoms with Crippen LogP contribution in [0.15, 0.2) is 55.0 Å².